The van der Waals surface area contributed by atoms with Crippen molar-refractivity contribution < 1.29 is 15.3 Å². The second-order valence-corrected chi connectivity index (χ2v) is 9.07. The van der Waals surface area contributed by atoms with Gasteiger partial charge in [0.05, 0.1) is 0 Å². The highest BCUT2D eigenvalue weighted by molar-refractivity contribution is 5.27. The third kappa shape index (κ3) is 27.8. The number of aliphatic hydroxyl groups excluding tert-OH is 3. The van der Waals surface area contributed by atoms with Crippen molar-refractivity contribution in [3.05, 3.63) is 24.3 Å². The van der Waals surface area contributed by atoms with Gasteiger partial charge in [-0.1, -0.05) is 106 Å². The van der Waals surface area contributed by atoms with E-state index in [-0.39, 0.29) is 6.61 Å². The Labute approximate surface area is 221 Å². The summed E-state index contributed by atoms with van der Waals surface area (Å²) in [5, 5.41) is 27.4. The minimum absolute atomic E-state index is 0.195. The minimum Gasteiger partial charge on any atom is -0.384 e. The molecule has 0 fully saturated rings. The summed E-state index contributed by atoms with van der Waals surface area (Å²) in [5.41, 5.74) is 0. The molecule has 2 atom stereocenters. The fraction of sp³-hybridized carbons (Fsp3) is 0.636. The molecule has 0 aliphatic carbocycles. The molecule has 0 aliphatic heterocycles. The molecule has 0 heterocycles. The molecule has 0 saturated carbocycles. The predicted molar refractivity (Wildman–Crippen MR) is 153 cm³/mol. The lowest BCUT2D eigenvalue weighted by Crippen LogP contribution is -2.01. The zero-order chi connectivity index (χ0) is 26.4. The van der Waals surface area contributed by atoms with Crippen LogP contribution < -0.4 is 0 Å². The van der Waals surface area contributed by atoms with E-state index in [1.807, 2.05) is 12.2 Å². The molecule has 0 spiro atoms. The van der Waals surface area contributed by atoms with Crippen LogP contribution in [-0.4, -0.2) is 34.1 Å². The Balaban J connectivity index is 3.37. The molecule has 0 aromatic heterocycles. The molecule has 0 aromatic rings. The third-order valence-corrected chi connectivity index (χ3v) is 5.78. The van der Waals surface area contributed by atoms with Gasteiger partial charge in [0.15, 0.2) is 0 Å². The van der Waals surface area contributed by atoms with E-state index in [0.717, 1.165) is 32.1 Å². The first-order chi connectivity index (χ1) is 17.7. The maximum atomic E-state index is 9.70. The number of allylic oxidation sites excluding steroid dienone is 3. The van der Waals surface area contributed by atoms with Crippen LogP contribution in [0.1, 0.15) is 116 Å². The SMILES string of the molecule is C#CC(O)C=CCCCCCCCCCCC#CC=CCCCCCCCCC(O)C#CC#CCO. The lowest BCUT2D eigenvalue weighted by molar-refractivity contribution is 0.217. The van der Waals surface area contributed by atoms with Gasteiger partial charge in [-0.25, -0.2) is 0 Å². The summed E-state index contributed by atoms with van der Waals surface area (Å²) in [7, 11) is 0. The fourth-order valence-corrected chi connectivity index (χ4v) is 3.67. The average molecular weight is 493 g/mol. The topological polar surface area (TPSA) is 60.7 Å². The summed E-state index contributed by atoms with van der Waals surface area (Å²) in [4.78, 5) is 0. The van der Waals surface area contributed by atoms with E-state index in [1.165, 1.54) is 77.0 Å². The fourth-order valence-electron chi connectivity index (χ4n) is 3.67. The van der Waals surface area contributed by atoms with Crippen LogP contribution >= 0.6 is 0 Å². The predicted octanol–water partition coefficient (Wildman–Crippen LogP) is 6.48. The van der Waals surface area contributed by atoms with Crippen LogP contribution in [0.3, 0.4) is 0 Å². The summed E-state index contributed by atoms with van der Waals surface area (Å²) in [6, 6.07) is 0. The normalized spacial score (nSPS) is 12.2. The van der Waals surface area contributed by atoms with Gasteiger partial charge in [-0.05, 0) is 68.9 Å². The highest BCUT2D eigenvalue weighted by Crippen LogP contribution is 2.11. The molecule has 0 aromatic carbocycles. The van der Waals surface area contributed by atoms with Crippen LogP contribution in [0.25, 0.3) is 0 Å². The van der Waals surface area contributed by atoms with Crippen LogP contribution in [0.4, 0.5) is 0 Å². The van der Waals surface area contributed by atoms with Gasteiger partial charge in [-0.15, -0.1) is 6.42 Å². The van der Waals surface area contributed by atoms with Gasteiger partial charge in [-0.2, -0.15) is 0 Å². The highest BCUT2D eigenvalue weighted by Gasteiger charge is 1.98. The number of rotatable bonds is 20. The van der Waals surface area contributed by atoms with Crippen molar-refractivity contribution in [2.75, 3.05) is 6.61 Å². The first kappa shape index (κ1) is 33.6. The summed E-state index contributed by atoms with van der Waals surface area (Å²) in [5.74, 6) is 18.9. The minimum atomic E-state index is -0.733. The standard InChI is InChI=1S/C33H48O3/c1-2-32(35)28-24-21-19-17-15-13-11-9-7-5-3-4-6-8-10-12-14-16-18-20-22-25-29-33(36)30-26-23-27-31-34/h1,8,10,24,28,32-36H,3,5,7,9,11-22,25,29,31H2. The molecule has 198 valence electrons. The Morgan fingerprint density at radius 1 is 0.667 bits per heavy atom. The van der Waals surface area contributed by atoms with Gasteiger partial charge in [0.2, 0.25) is 0 Å². The largest absolute Gasteiger partial charge is 0.384 e. The van der Waals surface area contributed by atoms with Crippen molar-refractivity contribution in [2.45, 2.75) is 128 Å². The second kappa shape index (κ2) is 28.8. The monoisotopic (exact) mass is 492 g/mol. The van der Waals surface area contributed by atoms with E-state index in [4.69, 9.17) is 11.5 Å². The van der Waals surface area contributed by atoms with Crippen LogP contribution in [0.15, 0.2) is 24.3 Å². The number of hydrogen-bond acceptors (Lipinski definition) is 3. The van der Waals surface area contributed by atoms with Crippen molar-refractivity contribution in [3.63, 3.8) is 0 Å². The third-order valence-electron chi connectivity index (χ3n) is 5.78. The van der Waals surface area contributed by atoms with Gasteiger partial charge in [0.25, 0.3) is 0 Å². The summed E-state index contributed by atoms with van der Waals surface area (Å²) in [6.45, 7) is -0.195. The second-order valence-electron chi connectivity index (χ2n) is 9.07. The molecule has 2 unspecified atom stereocenters. The van der Waals surface area contributed by atoms with E-state index in [2.05, 4.69) is 47.5 Å². The van der Waals surface area contributed by atoms with Gasteiger partial charge < -0.3 is 15.3 Å². The van der Waals surface area contributed by atoms with Crippen molar-refractivity contribution in [3.8, 4) is 47.9 Å². The maximum absolute atomic E-state index is 9.70. The molecule has 3 heteroatoms. The Morgan fingerprint density at radius 3 is 1.89 bits per heavy atom. The Morgan fingerprint density at radius 2 is 1.25 bits per heavy atom. The van der Waals surface area contributed by atoms with Crippen LogP contribution in [0, 0.1) is 47.9 Å². The van der Waals surface area contributed by atoms with Crippen molar-refractivity contribution in [1.29, 1.82) is 0 Å². The lowest BCUT2D eigenvalue weighted by Gasteiger charge is -2.03. The first-order valence-electron chi connectivity index (χ1n) is 13.9. The summed E-state index contributed by atoms with van der Waals surface area (Å²) >= 11 is 0. The first-order valence-corrected chi connectivity index (χ1v) is 13.9. The van der Waals surface area contributed by atoms with E-state index in [0.29, 0.717) is 6.42 Å². The van der Waals surface area contributed by atoms with Gasteiger partial charge in [0, 0.05) is 6.42 Å². The number of terminal acetylenes is 1. The quantitative estimate of drug-likeness (QED) is 0.104. The average Bonchev–Trinajstić information content (AvgIpc) is 2.88. The zero-order valence-corrected chi connectivity index (χ0v) is 22.3. The molecular weight excluding hydrogens is 444 g/mol. The smallest absolute Gasteiger partial charge is 0.133 e. The van der Waals surface area contributed by atoms with Crippen LogP contribution in [0.5, 0.6) is 0 Å². The molecule has 0 saturated heterocycles. The molecule has 3 N–H and O–H groups in total. The molecule has 36 heavy (non-hydrogen) atoms. The molecule has 0 radical (unpaired) electrons. The van der Waals surface area contributed by atoms with Crippen molar-refractivity contribution in [1.82, 2.24) is 0 Å². The van der Waals surface area contributed by atoms with Crippen LogP contribution in [-0.2, 0) is 0 Å². The number of hydrogen-bond donors (Lipinski definition) is 3. The Hall–Kier alpha value is -2.40. The lowest BCUT2D eigenvalue weighted by atomic mass is 10.1. The molecule has 0 rings (SSSR count). The van der Waals surface area contributed by atoms with Gasteiger partial charge in [0.1, 0.15) is 18.8 Å². The van der Waals surface area contributed by atoms with Crippen molar-refractivity contribution in [2.24, 2.45) is 0 Å². The summed E-state index contributed by atoms with van der Waals surface area (Å²) < 4.78 is 0. The van der Waals surface area contributed by atoms with Crippen molar-refractivity contribution >= 4 is 0 Å². The zero-order valence-electron chi connectivity index (χ0n) is 22.3. The Kier molecular flexibility index (Phi) is 26.9. The molecule has 0 bridgehead atoms. The number of unbranched alkanes of at least 4 members (excludes halogenated alkanes) is 15. The van der Waals surface area contributed by atoms with Crippen LogP contribution in [0.2, 0.25) is 0 Å². The van der Waals surface area contributed by atoms with E-state index in [9.17, 15) is 10.2 Å². The molecular formula is C33H48O3. The molecule has 0 amide bonds. The maximum Gasteiger partial charge on any atom is 0.133 e. The highest BCUT2D eigenvalue weighted by atomic mass is 16.3. The van der Waals surface area contributed by atoms with Gasteiger partial charge in [-0.3, -0.25) is 0 Å². The van der Waals surface area contributed by atoms with E-state index in [1.54, 1.807) is 6.08 Å². The Bertz CT molecular complexity index is 782. The summed E-state index contributed by atoms with van der Waals surface area (Å²) in [6.07, 6.45) is 32.5. The van der Waals surface area contributed by atoms with E-state index >= 15 is 0 Å². The number of aliphatic hydroxyl groups is 3. The van der Waals surface area contributed by atoms with E-state index < -0.39 is 12.2 Å². The molecule has 0 aliphatic rings. The molecule has 3 nitrogen and oxygen atoms in total. The van der Waals surface area contributed by atoms with Gasteiger partial charge >= 0.3 is 0 Å².